The highest BCUT2D eigenvalue weighted by molar-refractivity contribution is 7.10. The molecule has 13 nitrogen and oxygen atoms in total. The van der Waals surface area contributed by atoms with Crippen molar-refractivity contribution in [1.29, 1.82) is 0 Å². The molecule has 0 spiro atoms. The fraction of sp³-hybridized carbons (Fsp3) is 0.694. The van der Waals surface area contributed by atoms with Crippen LogP contribution in [-0.4, -0.2) is 98.8 Å². The van der Waals surface area contributed by atoms with E-state index in [9.17, 15) is 42.3 Å². The number of nitrogens with one attached hydrogen (secondary N) is 2. The van der Waals surface area contributed by atoms with E-state index in [4.69, 9.17) is 4.74 Å². The quantitative estimate of drug-likeness (QED) is 0.168. The molecule has 3 N–H and O–H groups in total. The number of hydrogen-bond acceptors (Lipinski definition) is 11. The first kappa shape index (κ1) is 43.1. The molecule has 2 fully saturated rings. The summed E-state index contributed by atoms with van der Waals surface area (Å²) < 4.78 is 45.2. The predicted octanol–water partition coefficient (Wildman–Crippen LogP) is 5.32. The molecule has 0 radical (unpaired) electrons. The third kappa shape index (κ3) is 11.7. The number of hydrogen-bond donors (Lipinski definition) is 3. The first-order valence-electron chi connectivity index (χ1n) is 18.4. The minimum Gasteiger partial charge on any atom is -0.481 e. The lowest BCUT2D eigenvalue weighted by Crippen LogP contribution is -2.57. The molecule has 18 heteroatoms. The van der Waals surface area contributed by atoms with Crippen molar-refractivity contribution < 1.29 is 47.0 Å². The zero-order valence-corrected chi connectivity index (χ0v) is 33.1. The van der Waals surface area contributed by atoms with Crippen LogP contribution in [0.25, 0.3) is 0 Å². The molecule has 1 saturated carbocycles. The van der Waals surface area contributed by atoms with Crippen LogP contribution in [0.4, 0.5) is 13.2 Å². The maximum absolute atomic E-state index is 14.1. The number of amides is 3. The van der Waals surface area contributed by atoms with Crippen molar-refractivity contribution >= 4 is 52.3 Å². The fourth-order valence-electron chi connectivity index (χ4n) is 6.87. The average Bonchev–Trinajstić information content (AvgIpc) is 3.61. The summed E-state index contributed by atoms with van der Waals surface area (Å²) in [6.07, 6.45) is -1.27. The van der Waals surface area contributed by atoms with Crippen LogP contribution < -0.4 is 10.6 Å². The van der Waals surface area contributed by atoms with Gasteiger partial charge >= 0.3 is 18.1 Å². The molecule has 300 valence electrons. The van der Waals surface area contributed by atoms with Gasteiger partial charge in [-0.15, -0.1) is 22.7 Å². The van der Waals surface area contributed by atoms with Crippen LogP contribution in [0.2, 0.25) is 0 Å². The first-order chi connectivity index (χ1) is 25.4. The number of carboxylic acid groups (broad SMARTS) is 1. The van der Waals surface area contributed by atoms with Gasteiger partial charge in [0.05, 0.1) is 17.0 Å². The van der Waals surface area contributed by atoms with Gasteiger partial charge in [0.15, 0.2) is 11.8 Å². The molecule has 0 bridgehead atoms. The molecule has 3 amide bonds. The van der Waals surface area contributed by atoms with Gasteiger partial charge in [-0.3, -0.25) is 28.9 Å². The Morgan fingerprint density at radius 2 is 1.74 bits per heavy atom. The molecule has 1 saturated heterocycles. The summed E-state index contributed by atoms with van der Waals surface area (Å²) in [7, 11) is 1.68. The number of rotatable bonds is 18. The molecular formula is C36H51F3N6O7S2. The highest BCUT2D eigenvalue weighted by Crippen LogP contribution is 2.36. The van der Waals surface area contributed by atoms with E-state index in [0.717, 1.165) is 73.2 Å². The normalized spacial score (nSPS) is 19.3. The van der Waals surface area contributed by atoms with Crippen LogP contribution in [0, 0.1) is 17.8 Å². The van der Waals surface area contributed by atoms with Crippen LogP contribution in [0.1, 0.15) is 112 Å². The van der Waals surface area contributed by atoms with Gasteiger partial charge in [-0.1, -0.05) is 34.1 Å². The van der Waals surface area contributed by atoms with Crippen molar-refractivity contribution in [3.63, 3.8) is 0 Å². The van der Waals surface area contributed by atoms with Crippen molar-refractivity contribution in [3.8, 4) is 0 Å². The second-order valence-electron chi connectivity index (χ2n) is 14.6. The van der Waals surface area contributed by atoms with E-state index in [0.29, 0.717) is 0 Å². The molecule has 54 heavy (non-hydrogen) atoms. The zero-order chi connectivity index (χ0) is 39.9. The molecule has 3 heterocycles. The van der Waals surface area contributed by atoms with Crippen LogP contribution in [-0.2, 0) is 36.5 Å². The second-order valence-corrected chi connectivity index (χ2v) is 16.4. The van der Waals surface area contributed by atoms with Crippen molar-refractivity contribution in [2.75, 3.05) is 20.1 Å². The molecule has 2 aromatic rings. The minimum absolute atomic E-state index is 0.0317. The summed E-state index contributed by atoms with van der Waals surface area (Å²) in [5.74, 6) is -3.79. The molecule has 6 atom stereocenters. The Labute approximate surface area is 321 Å². The molecule has 0 aromatic carbocycles. The Balaban J connectivity index is 1.49. The molecule has 2 aliphatic rings. The molecule has 4 rings (SSSR count). The number of likely N-dealkylation sites (N-methyl/N-ethyl adjacent to an activating group) is 2. The van der Waals surface area contributed by atoms with Gasteiger partial charge in [-0.05, 0) is 57.0 Å². The van der Waals surface area contributed by atoms with Crippen molar-refractivity contribution in [2.45, 2.75) is 122 Å². The largest absolute Gasteiger partial charge is 0.481 e. The SMILES string of the molecule is CCN1CCCC[C@@H]1C(=O)N[C@H](C(=O)N(C)[C@H](C[C@@H](OC(C)=O)c1nc(C(=O)N[C@@H](Cc2nc(C(F)(F)F)cs2)C[C@H](C)C(=O)O)cs1)C(C)C)C1CC1. The van der Waals surface area contributed by atoms with Crippen LogP contribution in [0.3, 0.4) is 0 Å². The lowest BCUT2D eigenvalue weighted by atomic mass is 9.95. The van der Waals surface area contributed by atoms with Crippen molar-refractivity contribution in [1.82, 2.24) is 30.4 Å². The topological polar surface area (TPSA) is 171 Å². The third-order valence-corrected chi connectivity index (χ3v) is 11.9. The standard InChI is InChI=1S/C36H51F3N6O7S2/c1-7-45-13-9-8-10-25(45)32(48)43-30(22-11-12-22)34(49)44(6)26(19(2)3)16-27(52-21(5)46)33-41-24(17-54-33)31(47)40-23(14-20(4)35(50)51)15-29-42-28(18-53-29)36(37,38)39/h17-20,22-23,25-27,30H,7-16H2,1-6H3,(H,40,47)(H,43,48)(H,50,51)/t20-,23+,25+,26+,27+,30-/m0/s1. The molecule has 2 aromatic heterocycles. The summed E-state index contributed by atoms with van der Waals surface area (Å²) in [6, 6.07) is -2.30. The van der Waals surface area contributed by atoms with Crippen LogP contribution in [0.5, 0.6) is 0 Å². The highest BCUT2D eigenvalue weighted by Gasteiger charge is 2.43. The number of esters is 1. The van der Waals surface area contributed by atoms with Crippen molar-refractivity contribution in [2.24, 2.45) is 17.8 Å². The lowest BCUT2D eigenvalue weighted by Gasteiger charge is -2.37. The first-order valence-corrected chi connectivity index (χ1v) is 20.1. The van der Waals surface area contributed by atoms with Gasteiger partial charge in [0, 0.05) is 49.7 Å². The molecule has 1 aliphatic heterocycles. The summed E-state index contributed by atoms with van der Waals surface area (Å²) in [4.78, 5) is 76.8. The average molecular weight is 801 g/mol. The molecular weight excluding hydrogens is 750 g/mol. The van der Waals surface area contributed by atoms with E-state index in [1.165, 1.54) is 19.2 Å². The number of carboxylic acids is 1. The van der Waals surface area contributed by atoms with E-state index < -0.39 is 59.9 Å². The minimum atomic E-state index is -4.64. The Morgan fingerprint density at radius 3 is 2.31 bits per heavy atom. The summed E-state index contributed by atoms with van der Waals surface area (Å²) in [6.45, 7) is 10.2. The van der Waals surface area contributed by atoms with E-state index in [1.807, 2.05) is 20.8 Å². The van der Waals surface area contributed by atoms with E-state index >= 15 is 0 Å². The van der Waals surface area contributed by atoms with Crippen LogP contribution in [0.15, 0.2) is 10.8 Å². The van der Waals surface area contributed by atoms with Gasteiger partial charge in [0.25, 0.3) is 5.91 Å². The number of aliphatic carboxylic acids is 1. The van der Waals surface area contributed by atoms with Gasteiger partial charge in [0.2, 0.25) is 11.8 Å². The summed E-state index contributed by atoms with van der Waals surface area (Å²) in [5, 5.41) is 18.0. The Kier molecular flexibility index (Phi) is 15.0. The van der Waals surface area contributed by atoms with Crippen LogP contribution >= 0.6 is 22.7 Å². The lowest BCUT2D eigenvalue weighted by molar-refractivity contribution is -0.149. The Hall–Kier alpha value is -3.64. The smallest absolute Gasteiger partial charge is 0.434 e. The molecule has 1 aliphatic carbocycles. The maximum Gasteiger partial charge on any atom is 0.434 e. The van der Waals surface area contributed by atoms with Crippen molar-refractivity contribution in [3.05, 3.63) is 32.2 Å². The number of aromatic nitrogens is 2. The van der Waals surface area contributed by atoms with Gasteiger partial charge in [-0.2, -0.15) is 13.2 Å². The fourth-order valence-corrected chi connectivity index (χ4v) is 8.59. The highest BCUT2D eigenvalue weighted by atomic mass is 32.1. The summed E-state index contributed by atoms with van der Waals surface area (Å²) >= 11 is 1.82. The van der Waals surface area contributed by atoms with Gasteiger partial charge in [-0.25, -0.2) is 9.97 Å². The van der Waals surface area contributed by atoms with E-state index in [2.05, 4.69) is 25.5 Å². The molecule has 0 unspecified atom stereocenters. The number of ether oxygens (including phenoxy) is 1. The van der Waals surface area contributed by atoms with E-state index in [1.54, 1.807) is 11.9 Å². The van der Waals surface area contributed by atoms with Gasteiger partial charge < -0.3 is 25.4 Å². The number of halogens is 3. The number of nitrogens with zero attached hydrogens (tertiary/aromatic N) is 4. The Morgan fingerprint density at radius 1 is 1.04 bits per heavy atom. The predicted molar refractivity (Wildman–Crippen MR) is 196 cm³/mol. The number of carbonyl (C=O) groups excluding carboxylic acids is 4. The monoisotopic (exact) mass is 800 g/mol. The maximum atomic E-state index is 14.1. The van der Waals surface area contributed by atoms with Gasteiger partial charge in [0.1, 0.15) is 16.7 Å². The number of thiazole rings is 2. The zero-order valence-electron chi connectivity index (χ0n) is 31.5. The third-order valence-electron chi connectivity index (χ3n) is 10.0. The number of alkyl halides is 3. The Bertz CT molecular complexity index is 1630. The number of carbonyl (C=O) groups is 5. The number of piperidine rings is 1. The number of likely N-dealkylation sites (tertiary alicyclic amines) is 1. The summed E-state index contributed by atoms with van der Waals surface area (Å²) in [5.41, 5.74) is -1.12. The van der Waals surface area contributed by atoms with E-state index in [-0.39, 0.29) is 64.7 Å². The second kappa shape index (κ2) is 18.8.